The van der Waals surface area contributed by atoms with E-state index in [-0.39, 0.29) is 17.9 Å². The van der Waals surface area contributed by atoms with Crippen LogP contribution in [-0.4, -0.2) is 17.6 Å². The van der Waals surface area contributed by atoms with E-state index in [0.29, 0.717) is 18.1 Å². The molecule has 0 aliphatic carbocycles. The molecule has 0 unspecified atom stereocenters. The molecule has 23 heavy (non-hydrogen) atoms. The zero-order valence-electron chi connectivity index (χ0n) is 13.1. The molecule has 0 atom stereocenters. The van der Waals surface area contributed by atoms with Gasteiger partial charge in [-0.3, -0.25) is 0 Å². The van der Waals surface area contributed by atoms with Gasteiger partial charge in [0.1, 0.15) is 5.82 Å². The Morgan fingerprint density at radius 3 is 2.87 bits per heavy atom. The summed E-state index contributed by atoms with van der Waals surface area (Å²) in [5, 5.41) is 3.09. The molecule has 1 aromatic heterocycles. The van der Waals surface area contributed by atoms with Gasteiger partial charge in [-0.1, -0.05) is 12.1 Å². The highest BCUT2D eigenvalue weighted by Crippen LogP contribution is 2.31. The Bertz CT molecular complexity index is 766. The molecule has 0 amide bonds. The molecule has 0 fully saturated rings. The van der Waals surface area contributed by atoms with Crippen LogP contribution >= 0.6 is 0 Å². The summed E-state index contributed by atoms with van der Waals surface area (Å²) in [6.07, 6.45) is 0. The van der Waals surface area contributed by atoms with E-state index >= 15 is 0 Å². The van der Waals surface area contributed by atoms with Crippen LogP contribution in [0.5, 0.6) is 0 Å². The average molecular weight is 310 g/mol. The molecule has 1 aromatic carbocycles. The number of esters is 1. The largest absolute Gasteiger partial charge is 0.463 e. The summed E-state index contributed by atoms with van der Waals surface area (Å²) < 4.78 is 5.01. The molecule has 0 saturated carbocycles. The number of nitrogens with two attached hydrogens (primary N) is 1. The van der Waals surface area contributed by atoms with Gasteiger partial charge in [-0.2, -0.15) is 0 Å². The van der Waals surface area contributed by atoms with Crippen molar-refractivity contribution in [2.24, 2.45) is 5.73 Å². The minimum atomic E-state index is -0.525. The number of aromatic nitrogens is 1. The molecule has 0 aliphatic heterocycles. The fourth-order valence-electron chi connectivity index (χ4n) is 2.14. The van der Waals surface area contributed by atoms with E-state index < -0.39 is 5.97 Å². The van der Waals surface area contributed by atoms with Crippen molar-refractivity contribution >= 4 is 23.2 Å². The second kappa shape index (κ2) is 7.38. The molecule has 3 N–H and O–H groups in total. The van der Waals surface area contributed by atoms with Gasteiger partial charge in [-0.25, -0.2) is 14.6 Å². The number of anilines is 2. The lowest BCUT2D eigenvalue weighted by molar-refractivity contribution is 0.0527. The van der Waals surface area contributed by atoms with Crippen molar-refractivity contribution in [2.45, 2.75) is 20.4 Å². The third kappa shape index (κ3) is 3.84. The maximum atomic E-state index is 12.0. The molecular weight excluding hydrogens is 292 g/mol. The average Bonchev–Trinajstić information content (AvgIpc) is 2.54. The first-order valence-electron chi connectivity index (χ1n) is 7.21. The van der Waals surface area contributed by atoms with E-state index in [9.17, 15) is 4.79 Å². The lowest BCUT2D eigenvalue weighted by atomic mass is 10.1. The third-order valence-electron chi connectivity index (χ3n) is 3.15. The zero-order valence-corrected chi connectivity index (χ0v) is 13.1. The van der Waals surface area contributed by atoms with E-state index in [2.05, 4.69) is 15.1 Å². The molecule has 2 aromatic rings. The molecule has 1 heterocycles. The molecule has 0 aliphatic rings. The van der Waals surface area contributed by atoms with Crippen LogP contribution < -0.4 is 11.1 Å². The number of nitrogens with one attached hydrogen (secondary N) is 1. The number of aryl methyl sites for hydroxylation is 1. The topological polar surface area (TPSA) is 81.6 Å². The van der Waals surface area contributed by atoms with Crippen LogP contribution in [0.2, 0.25) is 0 Å². The fourth-order valence-corrected chi connectivity index (χ4v) is 2.14. The molecule has 0 spiro atoms. The molecule has 6 heteroatoms. The van der Waals surface area contributed by atoms with Crippen molar-refractivity contribution < 1.29 is 9.53 Å². The summed E-state index contributed by atoms with van der Waals surface area (Å²) in [6.45, 7) is 11.5. The Balaban J connectivity index is 2.45. The summed E-state index contributed by atoms with van der Waals surface area (Å²) in [6, 6.07) is 9.06. The molecule has 6 nitrogen and oxygen atoms in total. The van der Waals surface area contributed by atoms with Gasteiger partial charge in [0.25, 0.3) is 0 Å². The van der Waals surface area contributed by atoms with Gasteiger partial charge in [-0.15, -0.1) is 0 Å². The predicted molar refractivity (Wildman–Crippen MR) is 88.8 cm³/mol. The Labute approximate surface area is 135 Å². The Kier molecular flexibility index (Phi) is 5.28. The molecule has 0 bridgehead atoms. The van der Waals surface area contributed by atoms with Crippen LogP contribution in [0, 0.1) is 13.5 Å². The summed E-state index contributed by atoms with van der Waals surface area (Å²) >= 11 is 0. The first-order chi connectivity index (χ1) is 11.1. The van der Waals surface area contributed by atoms with E-state index in [4.69, 9.17) is 17.0 Å². The normalized spacial score (nSPS) is 10.0. The van der Waals surface area contributed by atoms with Crippen molar-refractivity contribution in [1.82, 2.24) is 4.98 Å². The van der Waals surface area contributed by atoms with Crippen molar-refractivity contribution in [3.8, 4) is 0 Å². The number of carbonyl (C=O) groups excluding carboxylic acids is 1. The second-order valence-electron chi connectivity index (χ2n) is 4.87. The van der Waals surface area contributed by atoms with Crippen molar-refractivity contribution in [3.63, 3.8) is 0 Å². The Morgan fingerprint density at radius 2 is 2.22 bits per heavy atom. The summed E-state index contributed by atoms with van der Waals surface area (Å²) in [4.78, 5) is 19.8. The highest BCUT2D eigenvalue weighted by molar-refractivity contribution is 5.99. The Morgan fingerprint density at radius 1 is 1.43 bits per heavy atom. The van der Waals surface area contributed by atoms with Gasteiger partial charge in [0.2, 0.25) is 5.69 Å². The van der Waals surface area contributed by atoms with Crippen LogP contribution in [0.3, 0.4) is 0 Å². The fraction of sp³-hybridized carbons (Fsp3) is 0.235. The summed E-state index contributed by atoms with van der Waals surface area (Å²) in [5.74, 6) is -0.194. The number of hydrogen-bond donors (Lipinski definition) is 2. The standard InChI is InChI=1S/C17H18N4O2/c1-4-23-17(22)14-8-11(2)20-16(15(14)19-3)21-13-7-5-6-12(9-13)10-18/h5-9H,4,10,18H2,1-2H3,(H,20,21). The number of pyridine rings is 1. The van der Waals surface area contributed by atoms with Crippen molar-refractivity contribution in [2.75, 3.05) is 11.9 Å². The monoisotopic (exact) mass is 310 g/mol. The van der Waals surface area contributed by atoms with Gasteiger partial charge >= 0.3 is 5.97 Å². The van der Waals surface area contributed by atoms with Crippen LogP contribution in [0.1, 0.15) is 28.5 Å². The van der Waals surface area contributed by atoms with E-state index in [0.717, 1.165) is 11.3 Å². The third-order valence-corrected chi connectivity index (χ3v) is 3.15. The Hall–Kier alpha value is -2.91. The van der Waals surface area contributed by atoms with E-state index in [1.165, 1.54) is 0 Å². The van der Waals surface area contributed by atoms with Gasteiger partial charge in [-0.05, 0) is 37.6 Å². The molecule has 118 valence electrons. The van der Waals surface area contributed by atoms with Gasteiger partial charge in [0, 0.05) is 17.9 Å². The number of carbonyl (C=O) groups is 1. The number of hydrogen-bond acceptors (Lipinski definition) is 5. The highest BCUT2D eigenvalue weighted by Gasteiger charge is 2.19. The lowest BCUT2D eigenvalue weighted by Gasteiger charge is -2.12. The maximum absolute atomic E-state index is 12.0. The quantitative estimate of drug-likeness (QED) is 0.654. The van der Waals surface area contributed by atoms with Gasteiger partial charge < -0.3 is 15.8 Å². The highest BCUT2D eigenvalue weighted by atomic mass is 16.5. The van der Waals surface area contributed by atoms with Crippen LogP contribution in [0.25, 0.3) is 4.85 Å². The second-order valence-corrected chi connectivity index (χ2v) is 4.87. The smallest absolute Gasteiger partial charge is 0.327 e. The molecular formula is C17H18N4O2. The zero-order chi connectivity index (χ0) is 16.8. The minimum Gasteiger partial charge on any atom is -0.463 e. The number of nitrogens with zero attached hydrogens (tertiary/aromatic N) is 2. The maximum Gasteiger partial charge on any atom is 0.327 e. The van der Waals surface area contributed by atoms with Crippen molar-refractivity contribution in [1.29, 1.82) is 0 Å². The number of rotatable bonds is 5. The lowest BCUT2D eigenvalue weighted by Crippen LogP contribution is -2.08. The minimum absolute atomic E-state index is 0.146. The predicted octanol–water partition coefficient (Wildman–Crippen LogP) is 3.32. The number of benzene rings is 1. The van der Waals surface area contributed by atoms with Crippen LogP contribution in [0.15, 0.2) is 30.3 Å². The molecule has 0 saturated heterocycles. The van der Waals surface area contributed by atoms with Crippen LogP contribution in [-0.2, 0) is 11.3 Å². The first-order valence-corrected chi connectivity index (χ1v) is 7.21. The van der Waals surface area contributed by atoms with E-state index in [1.807, 2.05) is 24.3 Å². The number of ether oxygens (including phenoxy) is 1. The van der Waals surface area contributed by atoms with Crippen molar-refractivity contribution in [3.05, 3.63) is 58.6 Å². The summed E-state index contributed by atoms with van der Waals surface area (Å²) in [7, 11) is 0. The van der Waals surface area contributed by atoms with Gasteiger partial charge in [0.05, 0.1) is 18.7 Å². The molecule has 2 rings (SSSR count). The first kappa shape index (κ1) is 16.5. The van der Waals surface area contributed by atoms with Gasteiger partial charge in [0.15, 0.2) is 0 Å². The SMILES string of the molecule is [C-]#[N+]c1c(C(=O)OCC)cc(C)nc1Nc1cccc(CN)c1. The van der Waals surface area contributed by atoms with Crippen LogP contribution in [0.4, 0.5) is 17.2 Å². The summed E-state index contributed by atoms with van der Waals surface area (Å²) in [5.41, 5.74) is 8.33. The van der Waals surface area contributed by atoms with E-state index in [1.54, 1.807) is 19.9 Å². The molecule has 0 radical (unpaired) electrons.